The Kier molecular flexibility index (Phi) is 6.50. The summed E-state index contributed by atoms with van der Waals surface area (Å²) in [6.45, 7) is -6.27. The summed E-state index contributed by atoms with van der Waals surface area (Å²) >= 11 is 1.41. The summed E-state index contributed by atoms with van der Waals surface area (Å²) in [5, 5.41) is 3.75. The van der Waals surface area contributed by atoms with Gasteiger partial charge in [0.15, 0.2) is 0 Å². The van der Waals surface area contributed by atoms with E-state index in [1.807, 2.05) is 6.07 Å². The van der Waals surface area contributed by atoms with Gasteiger partial charge in [0, 0.05) is 16.5 Å². The first-order chi connectivity index (χ1) is 13.4. The van der Waals surface area contributed by atoms with E-state index in [1.165, 1.54) is 27.8 Å². The number of thiophene rings is 1. The number of alkyl halides is 4. The van der Waals surface area contributed by atoms with Gasteiger partial charge in [0.1, 0.15) is 11.5 Å². The molecule has 0 fully saturated rings. The second-order valence-corrected chi connectivity index (χ2v) is 7.06. The van der Waals surface area contributed by atoms with Crippen LogP contribution in [0.2, 0.25) is 0 Å². The molecule has 2 aromatic rings. The van der Waals surface area contributed by atoms with Crippen LogP contribution >= 0.6 is 11.3 Å². The van der Waals surface area contributed by atoms with Crippen molar-refractivity contribution in [1.29, 1.82) is 0 Å². The predicted molar refractivity (Wildman–Crippen MR) is 95.7 cm³/mol. The second-order valence-electron chi connectivity index (χ2n) is 5.92. The van der Waals surface area contributed by atoms with E-state index in [-0.39, 0.29) is 11.3 Å². The third kappa shape index (κ3) is 5.22. The summed E-state index contributed by atoms with van der Waals surface area (Å²) in [5.41, 5.74) is 3.57. The Bertz CT molecular complexity index is 847. The summed E-state index contributed by atoms with van der Waals surface area (Å²) in [5.74, 6) is -1.15. The molecule has 0 spiro atoms. The van der Waals surface area contributed by atoms with Crippen LogP contribution in [0.25, 0.3) is 0 Å². The molecule has 0 saturated carbocycles. The number of carbonyl (C=O) groups is 1. The van der Waals surface area contributed by atoms with Crippen molar-refractivity contribution in [2.24, 2.45) is 5.10 Å². The highest BCUT2D eigenvalue weighted by Gasteiger charge is 2.17. The number of fused-ring (bicyclic) bond motifs is 1. The number of rotatable bonds is 7. The van der Waals surface area contributed by atoms with Crippen LogP contribution in [0.4, 0.5) is 17.6 Å². The van der Waals surface area contributed by atoms with Gasteiger partial charge in [-0.2, -0.15) is 22.7 Å². The molecule has 150 valence electrons. The van der Waals surface area contributed by atoms with Gasteiger partial charge < -0.3 is 9.47 Å². The number of amides is 1. The summed E-state index contributed by atoms with van der Waals surface area (Å²) in [4.78, 5) is 13.9. The molecule has 0 unspecified atom stereocenters. The topological polar surface area (TPSA) is 59.9 Å². The van der Waals surface area contributed by atoms with Crippen LogP contribution in [0.1, 0.15) is 38.5 Å². The van der Waals surface area contributed by atoms with Gasteiger partial charge >= 0.3 is 13.2 Å². The van der Waals surface area contributed by atoms with Crippen molar-refractivity contribution >= 4 is 23.5 Å². The maximum absolute atomic E-state index is 12.6. The number of nitrogens with one attached hydrogen (secondary N) is 1. The number of nitrogens with zero attached hydrogens (tertiary/aromatic N) is 1. The molecule has 1 aromatic heterocycles. The molecule has 1 amide bonds. The van der Waals surface area contributed by atoms with Gasteiger partial charge in [-0.1, -0.05) is 0 Å². The zero-order valence-electron chi connectivity index (χ0n) is 14.5. The maximum atomic E-state index is 12.6. The lowest BCUT2D eigenvalue weighted by Crippen LogP contribution is -2.16. The number of benzene rings is 1. The lowest BCUT2D eigenvalue weighted by atomic mass is 9.99. The van der Waals surface area contributed by atoms with E-state index < -0.39 is 24.9 Å². The molecule has 3 rings (SSSR count). The third-order valence-electron chi connectivity index (χ3n) is 4.02. The third-order valence-corrected chi connectivity index (χ3v) is 5.25. The summed E-state index contributed by atoms with van der Waals surface area (Å²) < 4.78 is 58.1. The van der Waals surface area contributed by atoms with Gasteiger partial charge in [-0.3, -0.25) is 4.79 Å². The highest BCUT2D eigenvalue weighted by Crippen LogP contribution is 2.30. The molecule has 0 atom stereocenters. The van der Waals surface area contributed by atoms with Crippen molar-refractivity contribution in [3.63, 3.8) is 0 Å². The number of hydrogen-bond donors (Lipinski definition) is 1. The SMILES string of the molecule is O=C(NN=Cc1ccc(OC(F)F)cc1OC(F)F)c1cc2c(s1)CCCC2. The number of ether oxygens (including phenoxy) is 2. The Morgan fingerprint density at radius 3 is 2.57 bits per heavy atom. The highest BCUT2D eigenvalue weighted by molar-refractivity contribution is 7.14. The minimum Gasteiger partial charge on any atom is -0.435 e. The minimum absolute atomic E-state index is 0.0627. The summed E-state index contributed by atoms with van der Waals surface area (Å²) in [6, 6.07) is 5.11. The fourth-order valence-electron chi connectivity index (χ4n) is 2.81. The van der Waals surface area contributed by atoms with E-state index in [0.29, 0.717) is 4.88 Å². The molecule has 1 aliphatic rings. The lowest BCUT2D eigenvalue weighted by Gasteiger charge is -2.10. The van der Waals surface area contributed by atoms with Crippen LogP contribution in [0.3, 0.4) is 0 Å². The number of carbonyl (C=O) groups excluding carboxylic acids is 1. The van der Waals surface area contributed by atoms with Gasteiger partial charge in [0.25, 0.3) is 5.91 Å². The molecule has 28 heavy (non-hydrogen) atoms. The summed E-state index contributed by atoms with van der Waals surface area (Å²) in [6.07, 6.45) is 5.20. The molecule has 0 saturated heterocycles. The van der Waals surface area contributed by atoms with Gasteiger partial charge in [-0.25, -0.2) is 5.43 Å². The summed E-state index contributed by atoms with van der Waals surface area (Å²) in [7, 11) is 0. The maximum Gasteiger partial charge on any atom is 0.387 e. The number of hydrogen-bond acceptors (Lipinski definition) is 5. The van der Waals surface area contributed by atoms with Crippen LogP contribution in [0.15, 0.2) is 29.4 Å². The molecule has 1 N–H and O–H groups in total. The Balaban J connectivity index is 1.70. The van der Waals surface area contributed by atoms with E-state index in [1.54, 1.807) is 0 Å². The van der Waals surface area contributed by atoms with Crippen LogP contribution in [-0.4, -0.2) is 25.3 Å². The first kappa shape index (κ1) is 20.1. The van der Waals surface area contributed by atoms with E-state index >= 15 is 0 Å². The van der Waals surface area contributed by atoms with Crippen molar-refractivity contribution in [3.8, 4) is 11.5 Å². The van der Waals surface area contributed by atoms with Crippen LogP contribution in [0.5, 0.6) is 11.5 Å². The smallest absolute Gasteiger partial charge is 0.387 e. The lowest BCUT2D eigenvalue weighted by molar-refractivity contribution is -0.0543. The van der Waals surface area contributed by atoms with Crippen molar-refractivity contribution < 1.29 is 31.8 Å². The molecule has 0 bridgehead atoms. The van der Waals surface area contributed by atoms with Crippen molar-refractivity contribution in [3.05, 3.63) is 45.1 Å². The Labute approximate surface area is 162 Å². The number of hydrazone groups is 1. The zero-order valence-corrected chi connectivity index (χ0v) is 15.3. The fourth-order valence-corrected chi connectivity index (χ4v) is 3.96. The van der Waals surface area contributed by atoms with Gasteiger partial charge in [-0.05, 0) is 49.4 Å². The molecular weight excluding hydrogens is 400 g/mol. The van der Waals surface area contributed by atoms with Gasteiger partial charge in [-0.15, -0.1) is 11.3 Å². The minimum atomic E-state index is -3.17. The largest absolute Gasteiger partial charge is 0.435 e. The van der Waals surface area contributed by atoms with Crippen molar-refractivity contribution in [2.75, 3.05) is 0 Å². The van der Waals surface area contributed by atoms with Crippen LogP contribution in [-0.2, 0) is 12.8 Å². The molecule has 0 radical (unpaired) electrons. The highest BCUT2D eigenvalue weighted by atomic mass is 32.1. The van der Waals surface area contributed by atoms with Crippen molar-refractivity contribution in [2.45, 2.75) is 38.9 Å². The van der Waals surface area contributed by atoms with E-state index in [9.17, 15) is 22.4 Å². The Morgan fingerprint density at radius 2 is 1.86 bits per heavy atom. The van der Waals surface area contributed by atoms with Gasteiger partial charge in [0.05, 0.1) is 11.1 Å². The average molecular weight is 416 g/mol. The molecule has 10 heteroatoms. The van der Waals surface area contributed by atoms with E-state index in [0.717, 1.165) is 44.0 Å². The Hall–Kier alpha value is -2.62. The number of aryl methyl sites for hydroxylation is 2. The zero-order chi connectivity index (χ0) is 20.1. The molecular formula is C18H16F4N2O3S. The van der Waals surface area contributed by atoms with E-state index in [2.05, 4.69) is 20.0 Å². The molecule has 1 aromatic carbocycles. The second kappa shape index (κ2) is 9.05. The Morgan fingerprint density at radius 1 is 1.11 bits per heavy atom. The normalized spacial score (nSPS) is 13.8. The average Bonchev–Trinajstić information content (AvgIpc) is 3.06. The van der Waals surface area contributed by atoms with Crippen LogP contribution in [0, 0.1) is 0 Å². The fraction of sp³-hybridized carbons (Fsp3) is 0.333. The molecule has 5 nitrogen and oxygen atoms in total. The first-order valence-electron chi connectivity index (χ1n) is 8.41. The van der Waals surface area contributed by atoms with Crippen LogP contribution < -0.4 is 14.9 Å². The number of halogens is 4. The molecule has 1 aliphatic carbocycles. The van der Waals surface area contributed by atoms with Gasteiger partial charge in [0.2, 0.25) is 0 Å². The monoisotopic (exact) mass is 416 g/mol. The molecule has 1 heterocycles. The standard InChI is InChI=1S/C18H16F4N2O3S/c19-17(20)26-12-6-5-11(13(8-12)27-18(21)22)9-23-24-16(25)15-7-10-3-1-2-4-14(10)28-15/h5-9,17-18H,1-4H2,(H,24,25). The quantitative estimate of drug-likeness (QED) is 0.408. The van der Waals surface area contributed by atoms with Crippen molar-refractivity contribution in [1.82, 2.24) is 5.43 Å². The predicted octanol–water partition coefficient (Wildman–Crippen LogP) is 4.59. The molecule has 0 aliphatic heterocycles. The first-order valence-corrected chi connectivity index (χ1v) is 9.22. The van der Waals surface area contributed by atoms with E-state index in [4.69, 9.17) is 0 Å².